The minimum absolute atomic E-state index is 0.0442. The molecule has 2 atom stereocenters. The molecule has 3 heterocycles. The number of hydrogen-bond donors (Lipinski definition) is 1. The standard InChI is InChI=1S/C29H40Cl2N6O2/c1-35(2)28(39)29(11-13-32-14-12-29)37-17-5-4-6-23(37)9-7-22(21-8-10-24(30)25(31)18-21)20-36(3)27(38)26-19-33-15-16-34-26/h8,10,15-16,18-19,22-23,32H,4-7,9,11-14,17,20H2,1-3H3. The van der Waals surface area contributed by atoms with Crippen LogP contribution < -0.4 is 5.32 Å². The molecule has 0 aliphatic carbocycles. The molecule has 0 bridgehead atoms. The van der Waals surface area contributed by atoms with Gasteiger partial charge in [0.25, 0.3) is 5.91 Å². The van der Waals surface area contributed by atoms with Crippen LogP contribution in [-0.4, -0.2) is 95.4 Å². The van der Waals surface area contributed by atoms with E-state index < -0.39 is 5.54 Å². The van der Waals surface area contributed by atoms with Gasteiger partial charge in [0.2, 0.25) is 5.91 Å². The summed E-state index contributed by atoms with van der Waals surface area (Å²) in [5.41, 5.74) is 0.908. The van der Waals surface area contributed by atoms with Crippen LogP contribution in [0.15, 0.2) is 36.8 Å². The fourth-order valence-electron chi connectivity index (χ4n) is 6.29. The van der Waals surface area contributed by atoms with Crippen LogP contribution in [-0.2, 0) is 4.79 Å². The largest absolute Gasteiger partial charge is 0.347 e. The number of rotatable bonds is 9. The highest BCUT2D eigenvalue weighted by Crippen LogP contribution is 2.37. The first-order chi connectivity index (χ1) is 18.7. The van der Waals surface area contributed by atoms with Crippen LogP contribution in [0, 0.1) is 0 Å². The second kappa shape index (κ2) is 13.4. The van der Waals surface area contributed by atoms with Gasteiger partial charge in [-0.1, -0.05) is 35.7 Å². The lowest BCUT2D eigenvalue weighted by Gasteiger charge is -2.51. The van der Waals surface area contributed by atoms with E-state index in [4.69, 9.17) is 23.2 Å². The fraction of sp³-hybridized carbons (Fsp3) is 0.586. The molecule has 0 radical (unpaired) electrons. The van der Waals surface area contributed by atoms with Gasteiger partial charge in [0.1, 0.15) is 11.2 Å². The number of nitrogens with one attached hydrogen (secondary N) is 1. The summed E-state index contributed by atoms with van der Waals surface area (Å²) in [4.78, 5) is 41.0. The number of nitrogens with zero attached hydrogens (tertiary/aromatic N) is 5. The van der Waals surface area contributed by atoms with E-state index in [9.17, 15) is 9.59 Å². The number of amides is 2. The van der Waals surface area contributed by atoms with Crippen molar-refractivity contribution in [2.24, 2.45) is 0 Å². The Morgan fingerprint density at radius 2 is 1.90 bits per heavy atom. The Hall–Kier alpha value is -2.26. The lowest BCUT2D eigenvalue weighted by atomic mass is 9.80. The number of likely N-dealkylation sites (N-methyl/N-ethyl adjacent to an activating group) is 2. The van der Waals surface area contributed by atoms with Gasteiger partial charge >= 0.3 is 0 Å². The molecule has 1 aromatic carbocycles. The predicted octanol–water partition coefficient (Wildman–Crippen LogP) is 4.48. The highest BCUT2D eigenvalue weighted by atomic mass is 35.5. The minimum atomic E-state index is -0.461. The molecule has 2 aliphatic heterocycles. The monoisotopic (exact) mass is 574 g/mol. The van der Waals surface area contributed by atoms with Gasteiger partial charge in [-0.25, -0.2) is 4.98 Å². The van der Waals surface area contributed by atoms with Crippen LogP contribution in [0.1, 0.15) is 66.9 Å². The van der Waals surface area contributed by atoms with Crippen molar-refractivity contribution in [1.82, 2.24) is 30.0 Å². The number of likely N-dealkylation sites (tertiary alicyclic amines) is 1. The molecule has 2 saturated heterocycles. The van der Waals surface area contributed by atoms with Crippen molar-refractivity contribution in [3.8, 4) is 0 Å². The molecule has 2 aliphatic rings. The maximum Gasteiger partial charge on any atom is 0.273 e. The fourth-order valence-corrected chi connectivity index (χ4v) is 6.59. The Labute approximate surface area is 242 Å². The van der Waals surface area contributed by atoms with Crippen LogP contribution in [0.3, 0.4) is 0 Å². The van der Waals surface area contributed by atoms with Gasteiger partial charge in [-0.3, -0.25) is 19.5 Å². The lowest BCUT2D eigenvalue weighted by molar-refractivity contribution is -0.148. The number of piperidine rings is 2. The second-order valence-corrected chi connectivity index (χ2v) is 11.9. The van der Waals surface area contributed by atoms with Gasteiger partial charge in [-0.05, 0) is 75.9 Å². The number of carbonyl (C=O) groups excluding carboxylic acids is 2. The lowest BCUT2D eigenvalue weighted by Crippen LogP contribution is -2.66. The van der Waals surface area contributed by atoms with E-state index in [1.54, 1.807) is 23.0 Å². The zero-order valence-corrected chi connectivity index (χ0v) is 24.7. The molecule has 0 spiro atoms. The van der Waals surface area contributed by atoms with Crippen LogP contribution in [0.2, 0.25) is 10.0 Å². The zero-order valence-electron chi connectivity index (χ0n) is 23.2. The molecule has 10 heteroatoms. The van der Waals surface area contributed by atoms with Gasteiger partial charge in [0.15, 0.2) is 0 Å². The third kappa shape index (κ3) is 6.91. The van der Waals surface area contributed by atoms with Crippen LogP contribution in [0.4, 0.5) is 0 Å². The maximum atomic E-state index is 13.6. The summed E-state index contributed by atoms with van der Waals surface area (Å²) in [6.45, 7) is 3.15. The Kier molecular flexibility index (Phi) is 10.2. The molecule has 2 fully saturated rings. The van der Waals surface area contributed by atoms with Crippen LogP contribution >= 0.6 is 23.2 Å². The third-order valence-electron chi connectivity index (χ3n) is 8.30. The molecule has 4 rings (SSSR count). The average Bonchev–Trinajstić information content (AvgIpc) is 2.96. The summed E-state index contributed by atoms with van der Waals surface area (Å²) in [7, 11) is 5.54. The quantitative estimate of drug-likeness (QED) is 0.475. The summed E-state index contributed by atoms with van der Waals surface area (Å²) in [6, 6.07) is 6.04. The second-order valence-electron chi connectivity index (χ2n) is 11.0. The molecule has 8 nitrogen and oxygen atoms in total. The molecule has 2 unspecified atom stereocenters. The van der Waals surface area contributed by atoms with Gasteiger partial charge in [-0.2, -0.15) is 0 Å². The molecule has 0 saturated carbocycles. The van der Waals surface area contributed by atoms with E-state index in [2.05, 4.69) is 20.2 Å². The number of aromatic nitrogens is 2. The SMILES string of the molecule is CN(C)C(=O)C1(N2CCCCC2CCC(CN(C)C(=O)c2cnccn2)c2ccc(Cl)c(Cl)c2)CCNCC1. The highest BCUT2D eigenvalue weighted by Gasteiger charge is 2.48. The van der Waals surface area contributed by atoms with E-state index in [0.29, 0.717) is 28.3 Å². The third-order valence-corrected chi connectivity index (χ3v) is 9.04. The molecule has 1 aromatic heterocycles. The van der Waals surface area contributed by atoms with Crippen molar-refractivity contribution in [2.75, 3.05) is 47.3 Å². The van der Waals surface area contributed by atoms with E-state index in [1.807, 2.05) is 32.3 Å². The van der Waals surface area contributed by atoms with Crippen molar-refractivity contribution in [3.05, 3.63) is 58.1 Å². The van der Waals surface area contributed by atoms with Gasteiger partial charge in [0, 0.05) is 52.0 Å². The van der Waals surface area contributed by atoms with Gasteiger partial charge in [0.05, 0.1) is 16.2 Å². The number of halogens is 2. The summed E-state index contributed by atoms with van der Waals surface area (Å²) in [5.74, 6) is 0.0895. The van der Waals surface area contributed by atoms with E-state index >= 15 is 0 Å². The highest BCUT2D eigenvalue weighted by molar-refractivity contribution is 6.42. The maximum absolute atomic E-state index is 13.6. The van der Waals surface area contributed by atoms with E-state index in [1.165, 1.54) is 12.4 Å². The first kappa shape index (κ1) is 29.7. The Morgan fingerprint density at radius 1 is 1.13 bits per heavy atom. The summed E-state index contributed by atoms with van der Waals surface area (Å²) in [6.07, 6.45) is 11.3. The smallest absolute Gasteiger partial charge is 0.273 e. The first-order valence-corrected chi connectivity index (χ1v) is 14.6. The van der Waals surface area contributed by atoms with E-state index in [0.717, 1.165) is 70.1 Å². The molecule has 39 heavy (non-hydrogen) atoms. The molecule has 212 valence electrons. The van der Waals surface area contributed by atoms with Gasteiger partial charge in [-0.15, -0.1) is 0 Å². The molecular formula is C29H40Cl2N6O2. The Balaban J connectivity index is 1.56. The van der Waals surface area contributed by atoms with Crippen molar-refractivity contribution in [2.45, 2.75) is 62.4 Å². The minimum Gasteiger partial charge on any atom is -0.347 e. The Morgan fingerprint density at radius 3 is 2.56 bits per heavy atom. The summed E-state index contributed by atoms with van der Waals surface area (Å²) >= 11 is 12.7. The topological polar surface area (TPSA) is 81.7 Å². The summed E-state index contributed by atoms with van der Waals surface area (Å²) in [5, 5.41) is 4.46. The van der Waals surface area contributed by atoms with Crippen molar-refractivity contribution >= 4 is 35.0 Å². The van der Waals surface area contributed by atoms with Crippen LogP contribution in [0.5, 0.6) is 0 Å². The van der Waals surface area contributed by atoms with E-state index in [-0.39, 0.29) is 17.7 Å². The Bertz CT molecular complexity index is 1130. The summed E-state index contributed by atoms with van der Waals surface area (Å²) < 4.78 is 0. The van der Waals surface area contributed by atoms with Crippen molar-refractivity contribution < 1.29 is 9.59 Å². The molecule has 1 N–H and O–H groups in total. The van der Waals surface area contributed by atoms with Crippen molar-refractivity contribution in [3.63, 3.8) is 0 Å². The first-order valence-electron chi connectivity index (χ1n) is 13.9. The average molecular weight is 576 g/mol. The molecular weight excluding hydrogens is 535 g/mol. The number of hydrogen-bond acceptors (Lipinski definition) is 6. The normalized spacial score (nSPS) is 20.3. The zero-order chi connectivity index (χ0) is 28.0. The number of benzene rings is 1. The predicted molar refractivity (Wildman–Crippen MR) is 155 cm³/mol. The molecule has 2 aromatic rings. The molecule has 2 amide bonds. The van der Waals surface area contributed by atoms with Crippen molar-refractivity contribution in [1.29, 1.82) is 0 Å². The van der Waals surface area contributed by atoms with Crippen LogP contribution in [0.25, 0.3) is 0 Å². The van der Waals surface area contributed by atoms with Gasteiger partial charge < -0.3 is 15.1 Å². The number of carbonyl (C=O) groups is 2.